The second-order valence-electron chi connectivity index (χ2n) is 8.70. The molecule has 3 aliphatic rings. The van der Waals surface area contributed by atoms with Gasteiger partial charge >= 0.3 is 11.9 Å². The smallest absolute Gasteiger partial charge is 0.337 e. The molecule has 9 atom stereocenters. The fourth-order valence-corrected chi connectivity index (χ4v) is 4.32. The van der Waals surface area contributed by atoms with Crippen LogP contribution in [0.4, 0.5) is 0 Å². The fraction of sp³-hybridized carbons (Fsp3) is 0.739. The Morgan fingerprint density at radius 1 is 1.00 bits per heavy atom. The molecule has 1 fully saturated rings. The summed E-state index contributed by atoms with van der Waals surface area (Å²) in [7, 11) is 0. The number of fused-ring (bicyclic) bond motifs is 1. The van der Waals surface area contributed by atoms with E-state index >= 15 is 0 Å². The Kier molecular flexibility index (Phi) is 9.64. The lowest BCUT2D eigenvalue weighted by Gasteiger charge is -2.43. The van der Waals surface area contributed by atoms with E-state index in [9.17, 15) is 35.1 Å². The molecule has 1 saturated heterocycles. The molecule has 0 spiro atoms. The topological polar surface area (TPSA) is 181 Å². The van der Waals surface area contributed by atoms with Crippen LogP contribution in [0.25, 0.3) is 0 Å². The SMILES string of the molecule is CCCCOC(=O)C1=CO[C@@H](O[C@@H]2O[C@H](CO)[C@@H](O)[C@H](O)[C@H]2O)[C@@H]2C(COC(=O)CC)=C[C@H](O)[C@H]12. The third kappa shape index (κ3) is 6.02. The lowest BCUT2D eigenvalue weighted by Crippen LogP contribution is -2.60. The summed E-state index contributed by atoms with van der Waals surface area (Å²) in [6.07, 6.45) is -5.84. The molecule has 12 heteroatoms. The van der Waals surface area contributed by atoms with Gasteiger partial charge in [0.05, 0.1) is 37.1 Å². The van der Waals surface area contributed by atoms with Crippen LogP contribution in [0.15, 0.2) is 23.5 Å². The van der Waals surface area contributed by atoms with Crippen LogP contribution in [0.3, 0.4) is 0 Å². The van der Waals surface area contributed by atoms with E-state index in [0.29, 0.717) is 12.0 Å². The summed E-state index contributed by atoms with van der Waals surface area (Å²) in [5.74, 6) is -2.83. The van der Waals surface area contributed by atoms with Gasteiger partial charge in [-0.3, -0.25) is 4.79 Å². The number of rotatable bonds is 10. The van der Waals surface area contributed by atoms with Gasteiger partial charge in [0.25, 0.3) is 0 Å². The van der Waals surface area contributed by atoms with Crippen molar-refractivity contribution in [2.24, 2.45) is 11.8 Å². The number of esters is 2. The van der Waals surface area contributed by atoms with Crippen molar-refractivity contribution in [1.82, 2.24) is 0 Å². The van der Waals surface area contributed by atoms with Crippen molar-refractivity contribution in [2.45, 2.75) is 76.2 Å². The van der Waals surface area contributed by atoms with E-state index in [4.69, 9.17) is 23.7 Å². The maximum atomic E-state index is 12.7. The number of aliphatic hydroxyl groups is 5. The van der Waals surface area contributed by atoms with E-state index in [1.165, 1.54) is 6.08 Å². The first-order chi connectivity index (χ1) is 16.7. The van der Waals surface area contributed by atoms with Crippen molar-refractivity contribution < 1.29 is 58.8 Å². The highest BCUT2D eigenvalue weighted by Crippen LogP contribution is 2.45. The van der Waals surface area contributed by atoms with Crippen LogP contribution in [0.1, 0.15) is 33.1 Å². The Labute approximate surface area is 202 Å². The number of carbonyl (C=O) groups is 2. The predicted octanol–water partition coefficient (Wildman–Crippen LogP) is -1.13. The van der Waals surface area contributed by atoms with Crippen LogP contribution >= 0.6 is 0 Å². The molecule has 1 aliphatic carbocycles. The van der Waals surface area contributed by atoms with E-state index < -0.39 is 73.5 Å². The molecule has 2 aliphatic heterocycles. The average Bonchev–Trinajstić information content (AvgIpc) is 3.19. The van der Waals surface area contributed by atoms with E-state index in [1.54, 1.807) is 6.92 Å². The van der Waals surface area contributed by atoms with Crippen molar-refractivity contribution in [3.8, 4) is 0 Å². The molecule has 12 nitrogen and oxygen atoms in total. The highest BCUT2D eigenvalue weighted by molar-refractivity contribution is 5.89. The van der Waals surface area contributed by atoms with Crippen LogP contribution in [0.2, 0.25) is 0 Å². The number of hydrogen-bond acceptors (Lipinski definition) is 12. The Balaban J connectivity index is 1.84. The molecule has 0 bridgehead atoms. The van der Waals surface area contributed by atoms with Gasteiger partial charge in [0, 0.05) is 12.3 Å². The largest absolute Gasteiger partial charge is 0.471 e. The number of hydrogen-bond donors (Lipinski definition) is 5. The van der Waals surface area contributed by atoms with E-state index in [1.807, 2.05) is 6.92 Å². The second-order valence-corrected chi connectivity index (χ2v) is 8.70. The van der Waals surface area contributed by atoms with E-state index in [0.717, 1.165) is 12.7 Å². The molecule has 0 unspecified atom stereocenters. The van der Waals surface area contributed by atoms with Crippen LogP contribution in [0, 0.1) is 11.8 Å². The van der Waals surface area contributed by atoms with Crippen LogP contribution < -0.4 is 0 Å². The number of unbranched alkanes of at least 4 members (excludes halogenated alkanes) is 1. The van der Waals surface area contributed by atoms with Gasteiger partial charge in [-0.15, -0.1) is 0 Å². The van der Waals surface area contributed by atoms with Gasteiger partial charge in [-0.05, 0) is 12.0 Å². The van der Waals surface area contributed by atoms with E-state index in [2.05, 4.69) is 0 Å². The lowest BCUT2D eigenvalue weighted by atomic mass is 9.82. The number of ether oxygens (including phenoxy) is 5. The molecule has 5 N–H and O–H groups in total. The molecule has 35 heavy (non-hydrogen) atoms. The van der Waals surface area contributed by atoms with Gasteiger partial charge < -0.3 is 49.2 Å². The molecule has 0 aromatic carbocycles. The first-order valence-electron chi connectivity index (χ1n) is 11.8. The summed E-state index contributed by atoms with van der Waals surface area (Å²) in [6.45, 7) is 2.93. The third-order valence-corrected chi connectivity index (χ3v) is 6.32. The summed E-state index contributed by atoms with van der Waals surface area (Å²) in [6, 6.07) is 0. The van der Waals surface area contributed by atoms with Gasteiger partial charge in [0.15, 0.2) is 6.29 Å². The highest BCUT2D eigenvalue weighted by atomic mass is 16.8. The molecule has 0 aromatic heterocycles. The minimum atomic E-state index is -1.68. The molecule has 0 radical (unpaired) electrons. The van der Waals surface area contributed by atoms with Gasteiger partial charge in [-0.25, -0.2) is 4.79 Å². The van der Waals surface area contributed by atoms with E-state index in [-0.39, 0.29) is 25.2 Å². The molecule has 3 rings (SSSR count). The Morgan fingerprint density at radius 3 is 2.40 bits per heavy atom. The molecular formula is C23H34O12. The van der Waals surface area contributed by atoms with Crippen LogP contribution in [0.5, 0.6) is 0 Å². The molecule has 198 valence electrons. The zero-order chi connectivity index (χ0) is 25.7. The summed E-state index contributed by atoms with van der Waals surface area (Å²) >= 11 is 0. The number of carbonyl (C=O) groups excluding carboxylic acids is 2. The maximum Gasteiger partial charge on any atom is 0.337 e. The number of aliphatic hydroxyl groups excluding tert-OH is 5. The van der Waals surface area contributed by atoms with Gasteiger partial charge in [-0.1, -0.05) is 26.3 Å². The molecule has 0 aromatic rings. The van der Waals surface area contributed by atoms with Gasteiger partial charge in [0.2, 0.25) is 6.29 Å². The molecule has 0 amide bonds. The molecule has 0 saturated carbocycles. The second kappa shape index (κ2) is 12.3. The Morgan fingerprint density at radius 2 is 1.74 bits per heavy atom. The standard InChI is InChI=1S/C23H34O12/c1-3-5-6-31-21(30)12-10-33-22(35-23-20(29)19(28)18(27)14(8-24)34-23)16-11(7-13(25)17(12)16)9-32-15(26)4-2/h7,10,13-14,16-20,22-25,27-29H,3-6,8-9H2,1-2H3/t13-,14+,16+,17-,18+,19-,20+,22-,23-/m0/s1. The maximum absolute atomic E-state index is 12.7. The highest BCUT2D eigenvalue weighted by Gasteiger charge is 2.52. The average molecular weight is 503 g/mol. The summed E-state index contributed by atoms with van der Waals surface area (Å²) in [5.41, 5.74) is 0.492. The van der Waals surface area contributed by atoms with Crippen molar-refractivity contribution in [3.05, 3.63) is 23.5 Å². The first kappa shape index (κ1) is 27.5. The molecule has 2 heterocycles. The van der Waals surface area contributed by atoms with Gasteiger partial charge in [-0.2, -0.15) is 0 Å². The molecular weight excluding hydrogens is 468 g/mol. The minimum absolute atomic E-state index is 0.0697. The van der Waals surface area contributed by atoms with Crippen LogP contribution in [-0.4, -0.2) is 100 Å². The zero-order valence-electron chi connectivity index (χ0n) is 19.7. The van der Waals surface area contributed by atoms with Crippen molar-refractivity contribution in [3.63, 3.8) is 0 Å². The quantitative estimate of drug-likeness (QED) is 0.138. The first-order valence-corrected chi connectivity index (χ1v) is 11.8. The van der Waals surface area contributed by atoms with Crippen molar-refractivity contribution in [1.29, 1.82) is 0 Å². The Hall–Kier alpha value is -2.06. The third-order valence-electron chi connectivity index (χ3n) is 6.32. The van der Waals surface area contributed by atoms with Crippen molar-refractivity contribution in [2.75, 3.05) is 19.8 Å². The lowest BCUT2D eigenvalue weighted by molar-refractivity contribution is -0.340. The summed E-state index contributed by atoms with van der Waals surface area (Å²) < 4.78 is 27.3. The summed E-state index contributed by atoms with van der Waals surface area (Å²) in [5, 5.41) is 50.6. The van der Waals surface area contributed by atoms with Gasteiger partial charge in [0.1, 0.15) is 31.0 Å². The summed E-state index contributed by atoms with van der Waals surface area (Å²) in [4.78, 5) is 24.4. The Bertz CT molecular complexity index is 808. The zero-order valence-corrected chi connectivity index (χ0v) is 19.7. The predicted molar refractivity (Wildman–Crippen MR) is 116 cm³/mol. The fourth-order valence-electron chi connectivity index (χ4n) is 4.32. The normalized spacial score (nSPS) is 36.5. The van der Waals surface area contributed by atoms with Crippen molar-refractivity contribution >= 4 is 11.9 Å². The monoisotopic (exact) mass is 502 g/mol. The minimum Gasteiger partial charge on any atom is -0.471 e. The van der Waals surface area contributed by atoms with Crippen LogP contribution in [-0.2, 0) is 33.3 Å².